The summed E-state index contributed by atoms with van der Waals surface area (Å²) in [7, 11) is 3.19. The molecular weight excluding hydrogens is 602 g/mol. The molecule has 3 aliphatic heterocycles. The summed E-state index contributed by atoms with van der Waals surface area (Å²) >= 11 is 0. The molecule has 0 radical (unpaired) electrons. The van der Waals surface area contributed by atoms with E-state index in [0.717, 1.165) is 36.1 Å². The third kappa shape index (κ3) is 4.61. The summed E-state index contributed by atoms with van der Waals surface area (Å²) < 4.78 is 34.5. The summed E-state index contributed by atoms with van der Waals surface area (Å²) in [6.07, 6.45) is 6.00. The molecule has 1 spiro atoms. The normalized spacial score (nSPS) is 29.6. The van der Waals surface area contributed by atoms with Crippen LogP contribution in [-0.4, -0.2) is 73.8 Å². The van der Waals surface area contributed by atoms with Crippen LogP contribution in [0.4, 0.5) is 0 Å². The van der Waals surface area contributed by atoms with E-state index in [1.807, 2.05) is 60.7 Å². The summed E-state index contributed by atoms with van der Waals surface area (Å²) in [5, 5.41) is 12.7. The van der Waals surface area contributed by atoms with Crippen molar-refractivity contribution in [1.29, 1.82) is 0 Å². The number of aliphatic hydroxyl groups is 1. The van der Waals surface area contributed by atoms with Gasteiger partial charge < -0.3 is 33.5 Å². The maximum Gasteiger partial charge on any atom is 0.331 e. The van der Waals surface area contributed by atoms with Gasteiger partial charge in [0.05, 0.1) is 20.1 Å². The van der Waals surface area contributed by atoms with Gasteiger partial charge in [-0.05, 0) is 90.2 Å². The van der Waals surface area contributed by atoms with E-state index in [2.05, 4.69) is 4.90 Å². The molecule has 2 saturated heterocycles. The Hall–Kier alpha value is -4.80. The van der Waals surface area contributed by atoms with Crippen LogP contribution in [-0.2, 0) is 24.7 Å². The SMILES string of the molecule is COc1ccc(/C=C/C(=O)O[C@@H]2[C@H](OC(=O)/C=C/c3ccc(OC)cc3)[C@@H]3[C@]45CCCN4C[C@@]3(O)c3cc4c(cc3[C@@H]25)OCO4)cc1. The molecular formula is C37H35NO9. The lowest BCUT2D eigenvalue weighted by molar-refractivity contribution is -0.167. The first-order valence-electron chi connectivity index (χ1n) is 15.8. The van der Waals surface area contributed by atoms with Crippen LogP contribution in [0, 0.1) is 5.92 Å². The second-order valence-electron chi connectivity index (χ2n) is 12.7. The molecule has 3 heterocycles. The first kappa shape index (κ1) is 29.6. The van der Waals surface area contributed by atoms with Crippen LogP contribution in [0.5, 0.6) is 23.0 Å². The Morgan fingerprint density at radius 1 is 0.851 bits per heavy atom. The highest BCUT2D eigenvalue weighted by molar-refractivity contribution is 5.88. The molecule has 10 nitrogen and oxygen atoms in total. The van der Waals surface area contributed by atoms with Crippen LogP contribution in [0.25, 0.3) is 12.2 Å². The fourth-order valence-corrected chi connectivity index (χ4v) is 8.73. The number of rotatable bonds is 8. The average Bonchev–Trinajstić information content (AvgIpc) is 3.80. The molecule has 10 heteroatoms. The summed E-state index contributed by atoms with van der Waals surface area (Å²) in [5.74, 6) is 0.501. The van der Waals surface area contributed by atoms with Crippen LogP contribution < -0.4 is 18.9 Å². The summed E-state index contributed by atoms with van der Waals surface area (Å²) in [5.41, 5.74) is 1.20. The minimum atomic E-state index is -1.36. The van der Waals surface area contributed by atoms with Gasteiger partial charge in [0.1, 0.15) is 29.3 Å². The lowest BCUT2D eigenvalue weighted by Crippen LogP contribution is -2.51. The van der Waals surface area contributed by atoms with Crippen molar-refractivity contribution >= 4 is 24.1 Å². The van der Waals surface area contributed by atoms with Crippen molar-refractivity contribution in [2.24, 2.45) is 5.92 Å². The smallest absolute Gasteiger partial charge is 0.331 e. The topological polar surface area (TPSA) is 113 Å². The number of methoxy groups -OCH3 is 2. The molecule has 4 bridgehead atoms. The zero-order valence-electron chi connectivity index (χ0n) is 26.1. The molecule has 3 fully saturated rings. The molecule has 5 aliphatic rings. The van der Waals surface area contributed by atoms with Crippen molar-refractivity contribution in [3.8, 4) is 23.0 Å². The highest BCUT2D eigenvalue weighted by atomic mass is 16.7. The van der Waals surface area contributed by atoms with E-state index in [1.165, 1.54) is 12.2 Å². The van der Waals surface area contributed by atoms with Crippen molar-refractivity contribution in [2.75, 3.05) is 34.1 Å². The number of esters is 2. The average molecular weight is 638 g/mol. The number of β-amino-alcohol motifs (C(OH)–C–C–N with tert-alkyl or cyclic N) is 1. The van der Waals surface area contributed by atoms with Crippen molar-refractivity contribution in [2.45, 2.75) is 42.1 Å². The van der Waals surface area contributed by atoms with Gasteiger partial charge in [0.25, 0.3) is 0 Å². The highest BCUT2D eigenvalue weighted by Crippen LogP contribution is 2.70. The van der Waals surface area contributed by atoms with Crippen molar-refractivity contribution in [3.63, 3.8) is 0 Å². The van der Waals surface area contributed by atoms with Crippen molar-refractivity contribution < 1.29 is 43.1 Å². The van der Waals surface area contributed by atoms with Gasteiger partial charge in [-0.2, -0.15) is 0 Å². The van der Waals surface area contributed by atoms with Gasteiger partial charge in [-0.25, -0.2) is 9.59 Å². The van der Waals surface area contributed by atoms with Crippen LogP contribution in [0.1, 0.15) is 41.0 Å². The van der Waals surface area contributed by atoms with Gasteiger partial charge in [-0.1, -0.05) is 24.3 Å². The first-order valence-corrected chi connectivity index (χ1v) is 15.8. The molecule has 3 aromatic carbocycles. The lowest BCUT2D eigenvalue weighted by atomic mass is 9.63. The number of benzene rings is 3. The van der Waals surface area contributed by atoms with E-state index >= 15 is 0 Å². The monoisotopic (exact) mass is 637 g/mol. The predicted molar refractivity (Wildman–Crippen MR) is 170 cm³/mol. The highest BCUT2D eigenvalue weighted by Gasteiger charge is 2.79. The number of fused-ring (bicyclic) bond motifs is 4. The van der Waals surface area contributed by atoms with Gasteiger partial charge in [0.2, 0.25) is 6.79 Å². The largest absolute Gasteiger partial charge is 0.497 e. The van der Waals surface area contributed by atoms with E-state index in [4.69, 9.17) is 28.4 Å². The van der Waals surface area contributed by atoms with Gasteiger partial charge >= 0.3 is 11.9 Å². The second-order valence-corrected chi connectivity index (χ2v) is 12.7. The Bertz CT molecular complexity index is 1780. The minimum Gasteiger partial charge on any atom is -0.497 e. The number of hydrogen-bond donors (Lipinski definition) is 1. The van der Waals surface area contributed by atoms with Gasteiger partial charge in [0, 0.05) is 30.2 Å². The van der Waals surface area contributed by atoms with Crippen LogP contribution in [0.15, 0.2) is 72.8 Å². The Balaban J connectivity index is 1.16. The second kappa shape index (κ2) is 11.2. The number of hydrogen-bond acceptors (Lipinski definition) is 10. The molecule has 8 rings (SSSR count). The van der Waals surface area contributed by atoms with E-state index in [0.29, 0.717) is 35.1 Å². The Labute approximate surface area is 272 Å². The number of nitrogens with zero attached hydrogens (tertiary/aromatic N) is 1. The maximum absolute atomic E-state index is 13.5. The third-order valence-electron chi connectivity index (χ3n) is 10.5. The predicted octanol–water partition coefficient (Wildman–Crippen LogP) is 4.45. The van der Waals surface area contributed by atoms with E-state index in [1.54, 1.807) is 26.4 Å². The Kier molecular flexibility index (Phi) is 7.03. The summed E-state index contributed by atoms with van der Waals surface area (Å²) in [4.78, 5) is 29.4. The molecule has 2 aliphatic carbocycles. The molecule has 1 N–H and O–H groups in total. The molecule has 1 saturated carbocycles. The molecule has 0 amide bonds. The zero-order chi connectivity index (χ0) is 32.3. The van der Waals surface area contributed by atoms with Crippen molar-refractivity contribution in [1.82, 2.24) is 4.90 Å². The lowest BCUT2D eigenvalue weighted by Gasteiger charge is -2.44. The minimum absolute atomic E-state index is 0.0946. The van der Waals surface area contributed by atoms with E-state index < -0.39 is 41.2 Å². The van der Waals surface area contributed by atoms with Gasteiger partial charge in [-0.15, -0.1) is 0 Å². The van der Waals surface area contributed by atoms with Crippen LogP contribution in [0.2, 0.25) is 0 Å². The molecule has 242 valence electrons. The van der Waals surface area contributed by atoms with Crippen LogP contribution >= 0.6 is 0 Å². The van der Waals surface area contributed by atoms with Gasteiger partial charge in [-0.3, -0.25) is 4.90 Å². The van der Waals surface area contributed by atoms with E-state index in [-0.39, 0.29) is 12.7 Å². The van der Waals surface area contributed by atoms with Crippen molar-refractivity contribution in [3.05, 3.63) is 95.1 Å². The fourth-order valence-electron chi connectivity index (χ4n) is 8.73. The van der Waals surface area contributed by atoms with Gasteiger partial charge in [0.15, 0.2) is 11.5 Å². The third-order valence-corrected chi connectivity index (χ3v) is 10.5. The molecule has 47 heavy (non-hydrogen) atoms. The standard InChI is InChI=1S/C37H35NO9/c1-42-24-10-4-22(5-11-24)8-14-30(39)46-33-32-26-18-28-29(45-21-44-28)19-27(26)37(41)20-38-17-3-16-36(32,38)35(37)34(33)47-31(40)15-9-23-6-12-25(43-2)13-7-23/h4-15,18-19,32-35,41H,3,16-17,20-21H2,1-2H3/b14-8+,15-9+/t32-,33-,34-,35+,36+,37+/m0/s1. The summed E-state index contributed by atoms with van der Waals surface area (Å²) in [6, 6.07) is 18.4. The number of carbonyl (C=O) groups excluding carboxylic acids is 2. The molecule has 3 aromatic rings. The van der Waals surface area contributed by atoms with Crippen LogP contribution in [0.3, 0.4) is 0 Å². The fraction of sp³-hybridized carbons (Fsp3) is 0.351. The Morgan fingerprint density at radius 2 is 1.43 bits per heavy atom. The molecule has 0 unspecified atom stereocenters. The first-order chi connectivity index (χ1) is 22.8. The number of ether oxygens (including phenoxy) is 6. The quantitative estimate of drug-likeness (QED) is 0.281. The molecule has 0 aromatic heterocycles. The van der Waals surface area contributed by atoms with E-state index in [9.17, 15) is 14.7 Å². The zero-order valence-corrected chi connectivity index (χ0v) is 26.1. The summed E-state index contributed by atoms with van der Waals surface area (Å²) in [6.45, 7) is 1.26. The maximum atomic E-state index is 13.5. The molecule has 6 atom stereocenters. The Morgan fingerprint density at radius 3 is 2.02 bits per heavy atom. The number of carbonyl (C=O) groups is 2.